The van der Waals surface area contributed by atoms with Gasteiger partial charge in [-0.25, -0.2) is 17.6 Å². The molecule has 0 saturated heterocycles. The fraction of sp³-hybridized carbons (Fsp3) is 0.133. The maximum absolute atomic E-state index is 13.9. The summed E-state index contributed by atoms with van der Waals surface area (Å²) in [6.45, 7) is 1.86. The summed E-state index contributed by atoms with van der Waals surface area (Å²) in [7, 11) is -4.09. The minimum Gasteiger partial charge on any atom is -0.462 e. The van der Waals surface area contributed by atoms with Crippen LogP contribution < -0.4 is 4.72 Å². The molecule has 128 valence electrons. The molecule has 0 aliphatic rings. The standard InChI is InChI=1S/C15H12BrClFNO4S/c1-2-23-15(20)9-6-7-13(10(16)8-9)24(21,22)19-12-5-3-4-11(17)14(12)18/h3-8,19H,2H2,1H3. The quantitative estimate of drug-likeness (QED) is 0.712. The minimum absolute atomic E-state index is 0.142. The first-order valence-electron chi connectivity index (χ1n) is 6.69. The molecule has 2 aromatic carbocycles. The lowest BCUT2D eigenvalue weighted by Gasteiger charge is -2.11. The van der Waals surface area contributed by atoms with Crippen LogP contribution in [0.15, 0.2) is 45.8 Å². The first kappa shape index (κ1) is 18.7. The van der Waals surface area contributed by atoms with Crippen molar-refractivity contribution < 1.29 is 22.3 Å². The SMILES string of the molecule is CCOC(=O)c1ccc(S(=O)(=O)Nc2cccc(Cl)c2F)c(Br)c1. The highest BCUT2D eigenvalue weighted by molar-refractivity contribution is 9.10. The van der Waals surface area contributed by atoms with Gasteiger partial charge in [0.25, 0.3) is 10.0 Å². The molecule has 0 amide bonds. The van der Waals surface area contributed by atoms with Crippen molar-refractivity contribution in [1.82, 2.24) is 0 Å². The first-order chi connectivity index (χ1) is 11.3. The second-order valence-electron chi connectivity index (χ2n) is 4.57. The van der Waals surface area contributed by atoms with Crippen LogP contribution in [-0.2, 0) is 14.8 Å². The molecule has 0 fully saturated rings. The monoisotopic (exact) mass is 435 g/mol. The summed E-state index contributed by atoms with van der Waals surface area (Å²) in [4.78, 5) is 11.5. The van der Waals surface area contributed by atoms with Crippen molar-refractivity contribution in [1.29, 1.82) is 0 Å². The van der Waals surface area contributed by atoms with Crippen LogP contribution in [0.25, 0.3) is 0 Å². The zero-order chi connectivity index (χ0) is 17.9. The fourth-order valence-corrected chi connectivity index (χ4v) is 4.16. The maximum Gasteiger partial charge on any atom is 0.338 e. The second-order valence-corrected chi connectivity index (χ2v) is 7.48. The third-order valence-corrected chi connectivity index (χ3v) is 5.56. The van der Waals surface area contributed by atoms with Crippen LogP contribution in [0.3, 0.4) is 0 Å². The number of carbonyl (C=O) groups is 1. The number of sulfonamides is 1. The molecule has 5 nitrogen and oxygen atoms in total. The van der Waals surface area contributed by atoms with Crippen molar-refractivity contribution in [3.05, 3.63) is 57.3 Å². The Labute approximate surface area is 152 Å². The number of esters is 1. The van der Waals surface area contributed by atoms with E-state index in [0.717, 1.165) is 0 Å². The number of anilines is 1. The Morgan fingerprint density at radius 2 is 2.04 bits per heavy atom. The second kappa shape index (κ2) is 7.50. The van der Waals surface area contributed by atoms with Crippen molar-refractivity contribution >= 4 is 49.2 Å². The highest BCUT2D eigenvalue weighted by Crippen LogP contribution is 2.28. The number of nitrogens with one attached hydrogen (secondary N) is 1. The Kier molecular flexibility index (Phi) is 5.84. The van der Waals surface area contributed by atoms with Gasteiger partial charge in [0.2, 0.25) is 0 Å². The highest BCUT2D eigenvalue weighted by atomic mass is 79.9. The summed E-state index contributed by atoms with van der Waals surface area (Å²) < 4.78 is 45.8. The van der Waals surface area contributed by atoms with Gasteiger partial charge in [-0.15, -0.1) is 0 Å². The number of hydrogen-bond donors (Lipinski definition) is 1. The first-order valence-corrected chi connectivity index (χ1v) is 9.35. The topological polar surface area (TPSA) is 72.5 Å². The number of rotatable bonds is 5. The molecule has 1 N–H and O–H groups in total. The van der Waals surface area contributed by atoms with Crippen LogP contribution >= 0.6 is 27.5 Å². The van der Waals surface area contributed by atoms with Gasteiger partial charge in [-0.1, -0.05) is 17.7 Å². The van der Waals surface area contributed by atoms with Gasteiger partial charge in [0, 0.05) is 4.47 Å². The van der Waals surface area contributed by atoms with E-state index in [4.69, 9.17) is 16.3 Å². The molecule has 9 heteroatoms. The average Bonchev–Trinajstić information content (AvgIpc) is 2.51. The minimum atomic E-state index is -4.09. The van der Waals surface area contributed by atoms with Crippen molar-refractivity contribution in [2.75, 3.05) is 11.3 Å². The predicted octanol–water partition coefficient (Wildman–Crippen LogP) is 4.22. The van der Waals surface area contributed by atoms with E-state index >= 15 is 0 Å². The van der Waals surface area contributed by atoms with E-state index in [2.05, 4.69) is 20.7 Å². The molecule has 0 aliphatic carbocycles. The van der Waals surface area contributed by atoms with Gasteiger partial charge in [-0.3, -0.25) is 4.72 Å². The normalized spacial score (nSPS) is 11.2. The average molecular weight is 437 g/mol. The van der Waals surface area contributed by atoms with Crippen LogP contribution in [-0.4, -0.2) is 21.0 Å². The van der Waals surface area contributed by atoms with Gasteiger partial charge >= 0.3 is 5.97 Å². The highest BCUT2D eigenvalue weighted by Gasteiger charge is 2.21. The van der Waals surface area contributed by atoms with Gasteiger partial charge in [-0.2, -0.15) is 0 Å². The number of carbonyl (C=O) groups excluding carboxylic acids is 1. The molecular weight excluding hydrogens is 425 g/mol. The molecule has 0 spiro atoms. The summed E-state index contributed by atoms with van der Waals surface area (Å²) in [5.41, 5.74) is -0.0829. The van der Waals surface area contributed by atoms with E-state index in [0.29, 0.717) is 0 Å². The number of hydrogen-bond acceptors (Lipinski definition) is 4. The fourth-order valence-electron chi connectivity index (χ4n) is 1.84. The molecule has 0 saturated carbocycles. The van der Waals surface area contributed by atoms with Crippen molar-refractivity contribution in [2.24, 2.45) is 0 Å². The Morgan fingerprint density at radius 3 is 2.67 bits per heavy atom. The van der Waals surface area contributed by atoms with E-state index in [1.807, 2.05) is 0 Å². The lowest BCUT2D eigenvalue weighted by atomic mass is 10.2. The van der Waals surface area contributed by atoms with Crippen LogP contribution in [0.5, 0.6) is 0 Å². The zero-order valence-corrected chi connectivity index (χ0v) is 15.5. The van der Waals surface area contributed by atoms with Crippen LogP contribution in [0, 0.1) is 5.82 Å². The van der Waals surface area contributed by atoms with Gasteiger partial charge in [0.1, 0.15) is 4.90 Å². The summed E-state index contributed by atoms with van der Waals surface area (Å²) in [5.74, 6) is -1.45. The summed E-state index contributed by atoms with van der Waals surface area (Å²) in [5, 5.41) is -0.202. The van der Waals surface area contributed by atoms with Crippen molar-refractivity contribution in [2.45, 2.75) is 11.8 Å². The third-order valence-electron chi connectivity index (χ3n) is 2.93. The molecule has 24 heavy (non-hydrogen) atoms. The van der Waals surface area contributed by atoms with E-state index in [1.165, 1.54) is 36.4 Å². The summed E-state index contributed by atoms with van der Waals surface area (Å²) >= 11 is 8.74. The number of ether oxygens (including phenoxy) is 1. The molecule has 0 bridgehead atoms. The molecule has 0 unspecified atom stereocenters. The van der Waals surface area contributed by atoms with E-state index in [-0.39, 0.29) is 32.2 Å². The van der Waals surface area contributed by atoms with Crippen molar-refractivity contribution in [3.63, 3.8) is 0 Å². The van der Waals surface area contributed by atoms with E-state index < -0.39 is 21.8 Å². The lowest BCUT2D eigenvalue weighted by molar-refractivity contribution is 0.0526. The molecule has 2 aromatic rings. The van der Waals surface area contributed by atoms with E-state index in [1.54, 1.807) is 6.92 Å². The van der Waals surface area contributed by atoms with Crippen LogP contribution in [0.4, 0.5) is 10.1 Å². The summed E-state index contributed by atoms with van der Waals surface area (Å²) in [6.07, 6.45) is 0. The van der Waals surface area contributed by atoms with Gasteiger partial charge in [0.05, 0.1) is 22.9 Å². The number of benzene rings is 2. The van der Waals surface area contributed by atoms with Gasteiger partial charge < -0.3 is 4.74 Å². The zero-order valence-electron chi connectivity index (χ0n) is 12.3. The maximum atomic E-state index is 13.9. The van der Waals surface area contributed by atoms with E-state index in [9.17, 15) is 17.6 Å². The molecule has 0 radical (unpaired) electrons. The lowest BCUT2D eigenvalue weighted by Crippen LogP contribution is -2.15. The Hall–Kier alpha value is -1.64. The van der Waals surface area contributed by atoms with Gasteiger partial charge in [0.15, 0.2) is 5.82 Å². The molecule has 0 aliphatic heterocycles. The summed E-state index contributed by atoms with van der Waals surface area (Å²) in [6, 6.07) is 7.83. The number of halogens is 3. The molecule has 0 heterocycles. The predicted molar refractivity (Wildman–Crippen MR) is 92.3 cm³/mol. The molecule has 0 atom stereocenters. The van der Waals surface area contributed by atoms with Crippen LogP contribution in [0.2, 0.25) is 5.02 Å². The molecular formula is C15H12BrClFNO4S. The third kappa shape index (κ3) is 4.06. The Balaban J connectivity index is 2.36. The Bertz CT molecular complexity index is 889. The Morgan fingerprint density at radius 1 is 1.33 bits per heavy atom. The van der Waals surface area contributed by atoms with Crippen molar-refractivity contribution in [3.8, 4) is 0 Å². The smallest absolute Gasteiger partial charge is 0.338 e. The van der Waals surface area contributed by atoms with Crippen LogP contribution in [0.1, 0.15) is 17.3 Å². The molecule has 2 rings (SSSR count). The molecule has 0 aromatic heterocycles. The van der Waals surface area contributed by atoms with Gasteiger partial charge in [-0.05, 0) is 53.2 Å². The largest absolute Gasteiger partial charge is 0.462 e.